The highest BCUT2D eigenvalue weighted by molar-refractivity contribution is 7.80. The molecule has 1 unspecified atom stereocenters. The van der Waals surface area contributed by atoms with Gasteiger partial charge in [-0.15, -0.1) is 0 Å². The summed E-state index contributed by atoms with van der Waals surface area (Å²) in [5.41, 5.74) is 10.5. The molecule has 0 radical (unpaired) electrons. The second-order valence-electron chi connectivity index (χ2n) is 6.74. The highest BCUT2D eigenvalue weighted by atomic mass is 32.1. The van der Waals surface area contributed by atoms with Crippen LogP contribution in [0.25, 0.3) is 5.69 Å². The number of thiocarbonyl (C=S) groups is 1. The Labute approximate surface area is 160 Å². The SMILES string of the molecule is NC(=S)c1ccccc1-n1cccc1C(c1ccccc1)N1CCCC1. The van der Waals surface area contributed by atoms with Crippen molar-refractivity contribution in [1.29, 1.82) is 0 Å². The van der Waals surface area contributed by atoms with Crippen LogP contribution in [0.1, 0.15) is 35.7 Å². The van der Waals surface area contributed by atoms with Crippen LogP contribution < -0.4 is 5.73 Å². The Hall–Kier alpha value is -2.43. The molecular weight excluding hydrogens is 338 g/mol. The number of nitrogens with zero attached hydrogens (tertiary/aromatic N) is 2. The third-order valence-corrected chi connectivity index (χ3v) is 5.33. The van der Waals surface area contributed by atoms with Gasteiger partial charge in [0.15, 0.2) is 0 Å². The summed E-state index contributed by atoms with van der Waals surface area (Å²) in [6, 6.07) is 23.4. The van der Waals surface area contributed by atoms with Gasteiger partial charge in [0, 0.05) is 17.5 Å². The van der Waals surface area contributed by atoms with Crippen LogP contribution in [-0.2, 0) is 0 Å². The average molecular weight is 362 g/mol. The molecule has 1 atom stereocenters. The minimum absolute atomic E-state index is 0.230. The molecule has 2 N–H and O–H groups in total. The summed E-state index contributed by atoms with van der Waals surface area (Å²) in [6.07, 6.45) is 4.62. The van der Waals surface area contributed by atoms with Crippen molar-refractivity contribution in [2.75, 3.05) is 13.1 Å². The first-order valence-electron chi connectivity index (χ1n) is 9.11. The van der Waals surface area contributed by atoms with Crippen molar-refractivity contribution in [3.05, 3.63) is 89.7 Å². The molecule has 26 heavy (non-hydrogen) atoms. The average Bonchev–Trinajstić information content (AvgIpc) is 3.36. The number of likely N-dealkylation sites (tertiary alicyclic amines) is 1. The Balaban J connectivity index is 1.85. The van der Waals surface area contributed by atoms with Crippen molar-refractivity contribution in [1.82, 2.24) is 9.47 Å². The molecule has 1 aliphatic heterocycles. The molecule has 0 aliphatic carbocycles. The van der Waals surface area contributed by atoms with E-state index in [-0.39, 0.29) is 6.04 Å². The summed E-state index contributed by atoms with van der Waals surface area (Å²) < 4.78 is 2.24. The second-order valence-corrected chi connectivity index (χ2v) is 7.18. The first kappa shape index (κ1) is 17.0. The van der Waals surface area contributed by atoms with Gasteiger partial charge in [0.2, 0.25) is 0 Å². The fourth-order valence-electron chi connectivity index (χ4n) is 3.93. The standard InChI is InChI=1S/C22H23N3S/c23-22(26)18-11-4-5-12-19(18)25-16-8-13-20(25)21(24-14-6-7-15-24)17-9-2-1-3-10-17/h1-5,8-13,16,21H,6-7,14-15H2,(H2,23,26). The van der Waals surface area contributed by atoms with Crippen LogP contribution >= 0.6 is 12.2 Å². The van der Waals surface area contributed by atoms with Gasteiger partial charge in [-0.2, -0.15) is 0 Å². The van der Waals surface area contributed by atoms with E-state index in [1.54, 1.807) is 0 Å². The normalized spacial score (nSPS) is 15.8. The number of rotatable bonds is 5. The first-order valence-corrected chi connectivity index (χ1v) is 9.52. The largest absolute Gasteiger partial charge is 0.389 e. The summed E-state index contributed by atoms with van der Waals surface area (Å²) in [7, 11) is 0. The van der Waals surface area contributed by atoms with Crippen molar-refractivity contribution >= 4 is 17.2 Å². The fraction of sp³-hybridized carbons (Fsp3) is 0.227. The van der Waals surface area contributed by atoms with E-state index < -0.39 is 0 Å². The molecule has 0 bridgehead atoms. The summed E-state index contributed by atoms with van der Waals surface area (Å²) in [4.78, 5) is 3.00. The molecule has 2 heterocycles. The van der Waals surface area contributed by atoms with Gasteiger partial charge in [-0.1, -0.05) is 54.7 Å². The number of hydrogen-bond acceptors (Lipinski definition) is 2. The molecule has 1 aromatic heterocycles. The number of hydrogen-bond donors (Lipinski definition) is 1. The van der Waals surface area contributed by atoms with Crippen LogP contribution in [0.2, 0.25) is 0 Å². The Kier molecular flexibility index (Phi) is 4.87. The van der Waals surface area contributed by atoms with Gasteiger partial charge >= 0.3 is 0 Å². The first-order chi connectivity index (χ1) is 12.8. The minimum Gasteiger partial charge on any atom is -0.389 e. The lowest BCUT2D eigenvalue weighted by Gasteiger charge is -2.29. The van der Waals surface area contributed by atoms with E-state index in [1.807, 2.05) is 18.2 Å². The molecule has 4 heteroatoms. The molecule has 3 nitrogen and oxygen atoms in total. The van der Waals surface area contributed by atoms with Crippen molar-refractivity contribution < 1.29 is 0 Å². The minimum atomic E-state index is 0.230. The lowest BCUT2D eigenvalue weighted by Crippen LogP contribution is -2.28. The van der Waals surface area contributed by atoms with Gasteiger partial charge in [-0.05, 0) is 55.8 Å². The topological polar surface area (TPSA) is 34.2 Å². The number of benzene rings is 2. The fourth-order valence-corrected chi connectivity index (χ4v) is 4.10. The monoisotopic (exact) mass is 361 g/mol. The molecule has 1 fully saturated rings. The number of aromatic nitrogens is 1. The van der Waals surface area contributed by atoms with E-state index >= 15 is 0 Å². The number of nitrogens with two attached hydrogens (primary N) is 1. The van der Waals surface area contributed by atoms with E-state index in [0.717, 1.165) is 24.3 Å². The van der Waals surface area contributed by atoms with Gasteiger partial charge in [-0.3, -0.25) is 4.90 Å². The Morgan fingerprint density at radius 1 is 0.885 bits per heavy atom. The Morgan fingerprint density at radius 2 is 1.58 bits per heavy atom. The van der Waals surface area contributed by atoms with Crippen LogP contribution in [-0.4, -0.2) is 27.5 Å². The van der Waals surface area contributed by atoms with Crippen molar-refractivity contribution in [2.45, 2.75) is 18.9 Å². The highest BCUT2D eigenvalue weighted by Crippen LogP contribution is 2.33. The zero-order valence-corrected chi connectivity index (χ0v) is 15.5. The van der Waals surface area contributed by atoms with Crippen molar-refractivity contribution in [3.8, 4) is 5.69 Å². The van der Waals surface area contributed by atoms with Crippen LogP contribution in [0.3, 0.4) is 0 Å². The maximum Gasteiger partial charge on any atom is 0.106 e. The maximum absolute atomic E-state index is 5.99. The van der Waals surface area contributed by atoms with Crippen molar-refractivity contribution in [3.63, 3.8) is 0 Å². The third kappa shape index (κ3) is 3.18. The molecule has 3 aromatic rings. The summed E-state index contributed by atoms with van der Waals surface area (Å²) >= 11 is 5.29. The lowest BCUT2D eigenvalue weighted by atomic mass is 10.0. The Bertz CT molecular complexity index is 895. The molecule has 0 saturated carbocycles. The van der Waals surface area contributed by atoms with Gasteiger partial charge < -0.3 is 10.3 Å². The summed E-state index contributed by atoms with van der Waals surface area (Å²) in [6.45, 7) is 2.25. The molecule has 132 valence electrons. The van der Waals surface area contributed by atoms with Crippen LogP contribution in [0.4, 0.5) is 0 Å². The molecule has 0 spiro atoms. The van der Waals surface area contributed by atoms with Crippen LogP contribution in [0.15, 0.2) is 72.9 Å². The van der Waals surface area contributed by atoms with E-state index in [4.69, 9.17) is 18.0 Å². The second kappa shape index (κ2) is 7.44. The molecule has 1 aliphatic rings. The van der Waals surface area contributed by atoms with Gasteiger partial charge in [0.1, 0.15) is 4.99 Å². The zero-order chi connectivity index (χ0) is 17.9. The summed E-state index contributed by atoms with van der Waals surface area (Å²) in [5, 5.41) is 0. The van der Waals surface area contributed by atoms with E-state index in [9.17, 15) is 0 Å². The zero-order valence-electron chi connectivity index (χ0n) is 14.7. The highest BCUT2D eigenvalue weighted by Gasteiger charge is 2.27. The maximum atomic E-state index is 5.99. The molecule has 4 rings (SSSR count). The number of para-hydroxylation sites is 1. The van der Waals surface area contributed by atoms with E-state index in [1.165, 1.54) is 24.1 Å². The van der Waals surface area contributed by atoms with E-state index in [0.29, 0.717) is 4.99 Å². The molecule has 2 aromatic carbocycles. The summed E-state index contributed by atoms with van der Waals surface area (Å²) in [5.74, 6) is 0. The Morgan fingerprint density at radius 3 is 2.31 bits per heavy atom. The predicted molar refractivity (Wildman–Crippen MR) is 111 cm³/mol. The lowest BCUT2D eigenvalue weighted by molar-refractivity contribution is 0.274. The quantitative estimate of drug-likeness (QED) is 0.688. The van der Waals surface area contributed by atoms with Crippen LogP contribution in [0, 0.1) is 0 Å². The van der Waals surface area contributed by atoms with Crippen LogP contribution in [0.5, 0.6) is 0 Å². The molecule has 0 amide bonds. The van der Waals surface area contributed by atoms with Gasteiger partial charge in [-0.25, -0.2) is 0 Å². The van der Waals surface area contributed by atoms with E-state index in [2.05, 4.69) is 64.2 Å². The molecular formula is C22H23N3S. The van der Waals surface area contributed by atoms with Crippen molar-refractivity contribution in [2.24, 2.45) is 5.73 Å². The van der Waals surface area contributed by atoms with Gasteiger partial charge in [0.05, 0.1) is 11.7 Å². The molecule has 1 saturated heterocycles. The third-order valence-electron chi connectivity index (χ3n) is 5.11. The smallest absolute Gasteiger partial charge is 0.106 e. The van der Waals surface area contributed by atoms with Gasteiger partial charge in [0.25, 0.3) is 0 Å². The predicted octanol–water partition coefficient (Wildman–Crippen LogP) is 4.30.